The number of rotatable bonds is 1. The van der Waals surface area contributed by atoms with E-state index in [-0.39, 0.29) is 5.41 Å². The minimum Gasteiger partial charge on any atom is -0.298 e. The number of likely N-dealkylation sites (N-methyl/N-ethyl adjacent to an activating group) is 1. The summed E-state index contributed by atoms with van der Waals surface area (Å²) in [5, 5.41) is 0. The van der Waals surface area contributed by atoms with Gasteiger partial charge < -0.3 is 0 Å². The molecule has 2 aromatic carbocycles. The highest BCUT2D eigenvalue weighted by molar-refractivity contribution is 5.45. The fourth-order valence-corrected chi connectivity index (χ4v) is 3.54. The number of fused-ring (bicyclic) bond motifs is 1. The van der Waals surface area contributed by atoms with Gasteiger partial charge >= 0.3 is 0 Å². The lowest BCUT2D eigenvalue weighted by Crippen LogP contribution is -2.39. The molecule has 0 bridgehead atoms. The summed E-state index contributed by atoms with van der Waals surface area (Å²) in [4.78, 5) is 2.47. The van der Waals surface area contributed by atoms with Crippen LogP contribution in [0.15, 0.2) is 48.5 Å². The number of hydrogen-bond acceptors (Lipinski definition) is 1. The van der Waals surface area contributed by atoms with Crippen molar-refractivity contribution in [3.8, 4) is 0 Å². The highest BCUT2D eigenvalue weighted by atomic mass is 15.1. The molecule has 0 aliphatic carbocycles. The van der Waals surface area contributed by atoms with Gasteiger partial charge in [0.1, 0.15) is 0 Å². The first-order valence-corrected chi connectivity index (χ1v) is 8.26. The Bertz CT molecular complexity index is 651. The van der Waals surface area contributed by atoms with Gasteiger partial charge in [0, 0.05) is 18.5 Å². The fourth-order valence-electron chi connectivity index (χ4n) is 3.54. The molecular weight excluding hydrogens is 266 g/mol. The standard InChI is InChI=1S/C21H27N/c1-15-20(16-9-7-6-8-10-16)19-13-18(21(2,3)4)12-11-17(19)14-22(15)5/h6-13,15,20H,14H2,1-5H3. The molecule has 2 aromatic rings. The summed E-state index contributed by atoms with van der Waals surface area (Å²) in [7, 11) is 2.24. The summed E-state index contributed by atoms with van der Waals surface area (Å²) in [5.41, 5.74) is 6.05. The fraction of sp³-hybridized carbons (Fsp3) is 0.429. The normalized spacial score (nSPS) is 22.4. The van der Waals surface area contributed by atoms with Crippen LogP contribution in [0.1, 0.15) is 55.9 Å². The van der Waals surface area contributed by atoms with Crippen molar-refractivity contribution in [2.45, 2.75) is 51.6 Å². The first-order chi connectivity index (χ1) is 10.4. The molecule has 0 spiro atoms. The third-order valence-electron chi connectivity index (χ3n) is 5.10. The van der Waals surface area contributed by atoms with Gasteiger partial charge in [0.05, 0.1) is 0 Å². The maximum Gasteiger partial charge on any atom is 0.0246 e. The van der Waals surface area contributed by atoms with E-state index in [2.05, 4.69) is 88.2 Å². The Morgan fingerprint density at radius 2 is 1.68 bits per heavy atom. The highest BCUT2D eigenvalue weighted by Gasteiger charge is 2.32. The zero-order valence-electron chi connectivity index (χ0n) is 14.4. The van der Waals surface area contributed by atoms with Crippen LogP contribution in [0.5, 0.6) is 0 Å². The predicted octanol–water partition coefficient (Wildman–Crippen LogP) is 4.95. The molecule has 22 heavy (non-hydrogen) atoms. The summed E-state index contributed by atoms with van der Waals surface area (Å²) in [6.45, 7) is 10.3. The van der Waals surface area contributed by atoms with Crippen LogP contribution < -0.4 is 0 Å². The Kier molecular flexibility index (Phi) is 3.86. The van der Waals surface area contributed by atoms with Crippen molar-refractivity contribution in [2.24, 2.45) is 0 Å². The van der Waals surface area contributed by atoms with Crippen molar-refractivity contribution >= 4 is 0 Å². The topological polar surface area (TPSA) is 3.24 Å². The molecule has 0 radical (unpaired) electrons. The van der Waals surface area contributed by atoms with Crippen LogP contribution in [0.2, 0.25) is 0 Å². The summed E-state index contributed by atoms with van der Waals surface area (Å²) in [6, 6.07) is 18.6. The van der Waals surface area contributed by atoms with Gasteiger partial charge in [-0.05, 0) is 41.6 Å². The van der Waals surface area contributed by atoms with Gasteiger partial charge in [-0.2, -0.15) is 0 Å². The lowest BCUT2D eigenvalue weighted by Gasteiger charge is -2.40. The van der Waals surface area contributed by atoms with Crippen LogP contribution >= 0.6 is 0 Å². The Morgan fingerprint density at radius 3 is 2.32 bits per heavy atom. The predicted molar refractivity (Wildman–Crippen MR) is 94.4 cm³/mol. The van der Waals surface area contributed by atoms with Crippen molar-refractivity contribution in [1.82, 2.24) is 4.90 Å². The molecule has 0 amide bonds. The van der Waals surface area contributed by atoms with Gasteiger partial charge in [0.2, 0.25) is 0 Å². The molecule has 2 unspecified atom stereocenters. The molecule has 0 aromatic heterocycles. The van der Waals surface area contributed by atoms with Gasteiger partial charge in [-0.3, -0.25) is 4.90 Å². The molecule has 116 valence electrons. The van der Waals surface area contributed by atoms with Gasteiger partial charge in [0.25, 0.3) is 0 Å². The first-order valence-electron chi connectivity index (χ1n) is 8.26. The van der Waals surface area contributed by atoms with Gasteiger partial charge in [-0.15, -0.1) is 0 Å². The van der Waals surface area contributed by atoms with E-state index < -0.39 is 0 Å². The van der Waals surface area contributed by atoms with E-state index in [9.17, 15) is 0 Å². The highest BCUT2D eigenvalue weighted by Crippen LogP contribution is 2.39. The van der Waals surface area contributed by atoms with Gasteiger partial charge in [0.15, 0.2) is 0 Å². The summed E-state index contributed by atoms with van der Waals surface area (Å²) in [5.74, 6) is 0.456. The smallest absolute Gasteiger partial charge is 0.0246 e. The van der Waals surface area contributed by atoms with Gasteiger partial charge in [-0.1, -0.05) is 69.3 Å². The maximum absolute atomic E-state index is 2.47. The van der Waals surface area contributed by atoms with E-state index in [1.807, 2.05) is 0 Å². The maximum atomic E-state index is 2.47. The Balaban J connectivity index is 2.15. The molecule has 1 aliphatic heterocycles. The zero-order chi connectivity index (χ0) is 15.9. The molecule has 1 aliphatic rings. The van der Waals surface area contributed by atoms with E-state index in [1.54, 1.807) is 0 Å². The first kappa shape index (κ1) is 15.3. The summed E-state index contributed by atoms with van der Waals surface area (Å²) >= 11 is 0. The second-order valence-corrected chi connectivity index (χ2v) is 7.71. The largest absolute Gasteiger partial charge is 0.298 e. The van der Waals surface area contributed by atoms with Crippen LogP contribution in [-0.2, 0) is 12.0 Å². The van der Waals surface area contributed by atoms with E-state index in [0.29, 0.717) is 12.0 Å². The molecule has 0 saturated heterocycles. The Labute approximate surface area is 135 Å². The van der Waals surface area contributed by atoms with Crippen molar-refractivity contribution in [3.05, 3.63) is 70.8 Å². The molecule has 2 atom stereocenters. The molecular formula is C21H27N. The van der Waals surface area contributed by atoms with Crippen LogP contribution in [0.25, 0.3) is 0 Å². The lowest BCUT2D eigenvalue weighted by atomic mass is 9.76. The van der Waals surface area contributed by atoms with E-state index in [0.717, 1.165) is 6.54 Å². The van der Waals surface area contributed by atoms with Crippen molar-refractivity contribution in [3.63, 3.8) is 0 Å². The van der Waals surface area contributed by atoms with Crippen LogP contribution in [0.4, 0.5) is 0 Å². The molecule has 1 heteroatoms. The molecule has 0 fully saturated rings. The Hall–Kier alpha value is -1.60. The number of nitrogens with zero attached hydrogens (tertiary/aromatic N) is 1. The molecule has 3 rings (SSSR count). The monoisotopic (exact) mass is 293 g/mol. The van der Waals surface area contributed by atoms with Gasteiger partial charge in [-0.25, -0.2) is 0 Å². The molecule has 0 saturated carbocycles. The quantitative estimate of drug-likeness (QED) is 0.719. The minimum absolute atomic E-state index is 0.197. The zero-order valence-corrected chi connectivity index (χ0v) is 14.4. The summed E-state index contributed by atoms with van der Waals surface area (Å²) in [6.07, 6.45) is 0. The van der Waals surface area contributed by atoms with Crippen LogP contribution in [0, 0.1) is 0 Å². The third kappa shape index (κ3) is 2.70. The van der Waals surface area contributed by atoms with Crippen molar-refractivity contribution < 1.29 is 0 Å². The second kappa shape index (κ2) is 5.55. The van der Waals surface area contributed by atoms with Crippen molar-refractivity contribution in [1.29, 1.82) is 0 Å². The van der Waals surface area contributed by atoms with E-state index in [4.69, 9.17) is 0 Å². The second-order valence-electron chi connectivity index (χ2n) is 7.71. The number of benzene rings is 2. The lowest BCUT2D eigenvalue weighted by molar-refractivity contribution is 0.212. The molecule has 1 heterocycles. The van der Waals surface area contributed by atoms with E-state index in [1.165, 1.54) is 22.3 Å². The van der Waals surface area contributed by atoms with Crippen LogP contribution in [-0.4, -0.2) is 18.0 Å². The molecule has 1 nitrogen and oxygen atoms in total. The average Bonchev–Trinajstić information content (AvgIpc) is 2.48. The molecule has 0 N–H and O–H groups in total. The SMILES string of the molecule is CC1C(c2ccccc2)c2cc(C(C)(C)C)ccc2CN1C. The average molecular weight is 293 g/mol. The Morgan fingerprint density at radius 1 is 1.00 bits per heavy atom. The van der Waals surface area contributed by atoms with Crippen molar-refractivity contribution in [2.75, 3.05) is 7.05 Å². The number of hydrogen-bond donors (Lipinski definition) is 0. The third-order valence-corrected chi connectivity index (χ3v) is 5.10. The minimum atomic E-state index is 0.197. The van der Waals surface area contributed by atoms with Crippen LogP contribution in [0.3, 0.4) is 0 Å². The summed E-state index contributed by atoms with van der Waals surface area (Å²) < 4.78 is 0. The van der Waals surface area contributed by atoms with E-state index >= 15 is 0 Å².